The second-order valence-corrected chi connectivity index (χ2v) is 5.41. The standard InChI is InChI=1S/C15H20N2O4/c1-17(8-10-6-11(18)7-10)14(19)9-21-13-5-3-2-4-12(13)15(16)20/h2-5,10-11,18H,6-9H2,1H3,(H2,16,20). The van der Waals surface area contributed by atoms with Gasteiger partial charge in [-0.25, -0.2) is 0 Å². The van der Waals surface area contributed by atoms with Crippen LogP contribution >= 0.6 is 0 Å². The molecule has 3 N–H and O–H groups in total. The number of carbonyl (C=O) groups excluding carboxylic acids is 2. The van der Waals surface area contributed by atoms with E-state index in [2.05, 4.69) is 0 Å². The summed E-state index contributed by atoms with van der Waals surface area (Å²) >= 11 is 0. The average Bonchev–Trinajstić information content (AvgIpc) is 2.43. The second kappa shape index (κ2) is 6.58. The van der Waals surface area contributed by atoms with Gasteiger partial charge in [0.25, 0.3) is 11.8 Å². The maximum Gasteiger partial charge on any atom is 0.260 e. The van der Waals surface area contributed by atoms with Crippen molar-refractivity contribution in [3.05, 3.63) is 29.8 Å². The third kappa shape index (κ3) is 3.95. The van der Waals surface area contributed by atoms with Crippen molar-refractivity contribution < 1.29 is 19.4 Å². The summed E-state index contributed by atoms with van der Waals surface area (Å²) in [6.45, 7) is 0.465. The van der Waals surface area contributed by atoms with E-state index >= 15 is 0 Å². The lowest BCUT2D eigenvalue weighted by Crippen LogP contribution is -2.41. The van der Waals surface area contributed by atoms with Crippen LogP contribution in [0.5, 0.6) is 5.75 Å². The fourth-order valence-electron chi connectivity index (χ4n) is 2.38. The van der Waals surface area contributed by atoms with E-state index in [9.17, 15) is 14.7 Å². The number of ether oxygens (including phenoxy) is 1. The van der Waals surface area contributed by atoms with Crippen LogP contribution in [0, 0.1) is 5.92 Å². The Kier molecular flexibility index (Phi) is 4.80. The molecule has 0 heterocycles. The Bertz CT molecular complexity index is 526. The van der Waals surface area contributed by atoms with Crippen molar-refractivity contribution >= 4 is 11.8 Å². The first kappa shape index (κ1) is 15.3. The highest BCUT2D eigenvalue weighted by atomic mass is 16.5. The maximum absolute atomic E-state index is 12.0. The fraction of sp³-hybridized carbons (Fsp3) is 0.467. The lowest BCUT2D eigenvalue weighted by atomic mass is 9.82. The molecule has 0 aromatic heterocycles. The van der Waals surface area contributed by atoms with Gasteiger partial charge in [-0.05, 0) is 30.9 Å². The summed E-state index contributed by atoms with van der Waals surface area (Å²) in [7, 11) is 1.70. The number of nitrogens with two attached hydrogens (primary N) is 1. The van der Waals surface area contributed by atoms with Crippen molar-refractivity contribution in [2.24, 2.45) is 11.7 Å². The highest BCUT2D eigenvalue weighted by Crippen LogP contribution is 2.27. The number of primary amides is 1. The summed E-state index contributed by atoms with van der Waals surface area (Å²) in [6, 6.07) is 6.56. The molecule has 6 nitrogen and oxygen atoms in total. The van der Waals surface area contributed by atoms with Gasteiger partial charge in [-0.2, -0.15) is 0 Å². The number of hydrogen-bond donors (Lipinski definition) is 2. The van der Waals surface area contributed by atoms with Crippen LogP contribution in [-0.4, -0.2) is 48.1 Å². The number of aliphatic hydroxyl groups is 1. The van der Waals surface area contributed by atoms with Gasteiger partial charge in [0, 0.05) is 13.6 Å². The molecule has 1 saturated carbocycles. The Balaban J connectivity index is 1.85. The molecule has 1 aromatic rings. The number of rotatable bonds is 6. The van der Waals surface area contributed by atoms with E-state index in [1.54, 1.807) is 36.2 Å². The molecule has 1 fully saturated rings. The molecule has 0 unspecified atom stereocenters. The van der Waals surface area contributed by atoms with Gasteiger partial charge in [0.2, 0.25) is 0 Å². The van der Waals surface area contributed by atoms with Crippen molar-refractivity contribution in [2.45, 2.75) is 18.9 Å². The zero-order chi connectivity index (χ0) is 15.4. The normalized spacial score (nSPS) is 20.5. The van der Waals surface area contributed by atoms with Crippen molar-refractivity contribution in [1.29, 1.82) is 0 Å². The fourth-order valence-corrected chi connectivity index (χ4v) is 2.38. The number of carbonyl (C=O) groups is 2. The first-order valence-electron chi connectivity index (χ1n) is 6.91. The van der Waals surface area contributed by atoms with Crippen LogP contribution in [-0.2, 0) is 4.79 Å². The van der Waals surface area contributed by atoms with Crippen molar-refractivity contribution in [3.63, 3.8) is 0 Å². The van der Waals surface area contributed by atoms with Gasteiger partial charge in [0.15, 0.2) is 6.61 Å². The largest absolute Gasteiger partial charge is 0.483 e. The van der Waals surface area contributed by atoms with Crippen LogP contribution in [0.1, 0.15) is 23.2 Å². The predicted molar refractivity (Wildman–Crippen MR) is 76.8 cm³/mol. The quantitative estimate of drug-likeness (QED) is 0.793. The van der Waals surface area contributed by atoms with Gasteiger partial charge in [0.1, 0.15) is 5.75 Å². The van der Waals surface area contributed by atoms with Crippen LogP contribution in [0.2, 0.25) is 0 Å². The van der Waals surface area contributed by atoms with E-state index in [-0.39, 0.29) is 24.2 Å². The number of para-hydroxylation sites is 1. The number of aliphatic hydroxyl groups excluding tert-OH is 1. The summed E-state index contributed by atoms with van der Waals surface area (Å²) in [5, 5.41) is 9.23. The van der Waals surface area contributed by atoms with Crippen molar-refractivity contribution in [2.75, 3.05) is 20.2 Å². The molecule has 0 radical (unpaired) electrons. The molecule has 0 bridgehead atoms. The van der Waals surface area contributed by atoms with E-state index in [1.807, 2.05) is 0 Å². The molecule has 2 amide bonds. The SMILES string of the molecule is CN(CC1CC(O)C1)C(=O)COc1ccccc1C(N)=O. The minimum atomic E-state index is -0.588. The zero-order valence-electron chi connectivity index (χ0n) is 12.0. The monoisotopic (exact) mass is 292 g/mol. The van der Waals surface area contributed by atoms with Crippen LogP contribution in [0.4, 0.5) is 0 Å². The summed E-state index contributed by atoms with van der Waals surface area (Å²) < 4.78 is 5.39. The molecule has 2 rings (SSSR count). The third-order valence-corrected chi connectivity index (χ3v) is 3.67. The van der Waals surface area contributed by atoms with Crippen LogP contribution < -0.4 is 10.5 Å². The molecule has 0 atom stereocenters. The molecule has 1 aromatic carbocycles. The Hall–Kier alpha value is -2.08. The van der Waals surface area contributed by atoms with E-state index < -0.39 is 5.91 Å². The second-order valence-electron chi connectivity index (χ2n) is 5.41. The minimum Gasteiger partial charge on any atom is -0.483 e. The Morgan fingerprint density at radius 1 is 1.38 bits per heavy atom. The van der Waals surface area contributed by atoms with Crippen LogP contribution in [0.15, 0.2) is 24.3 Å². The third-order valence-electron chi connectivity index (χ3n) is 3.67. The van der Waals surface area contributed by atoms with Gasteiger partial charge in [-0.3, -0.25) is 9.59 Å². The van der Waals surface area contributed by atoms with Gasteiger partial charge in [-0.1, -0.05) is 12.1 Å². The van der Waals surface area contributed by atoms with Crippen LogP contribution in [0.25, 0.3) is 0 Å². The highest BCUT2D eigenvalue weighted by molar-refractivity contribution is 5.95. The highest BCUT2D eigenvalue weighted by Gasteiger charge is 2.29. The summed E-state index contributed by atoms with van der Waals surface area (Å²) in [5.74, 6) is -0.0943. The van der Waals surface area contributed by atoms with Crippen molar-refractivity contribution in [3.8, 4) is 5.75 Å². The van der Waals surface area contributed by atoms with E-state index in [0.29, 0.717) is 18.2 Å². The molecule has 114 valence electrons. The molecule has 0 spiro atoms. The average molecular weight is 292 g/mol. The molecule has 6 heteroatoms. The van der Waals surface area contributed by atoms with Crippen molar-refractivity contribution in [1.82, 2.24) is 4.90 Å². The number of nitrogens with zero attached hydrogens (tertiary/aromatic N) is 1. The Morgan fingerprint density at radius 2 is 2.05 bits per heavy atom. The first-order chi connectivity index (χ1) is 9.97. The molecule has 1 aliphatic rings. The molecule has 1 aliphatic carbocycles. The molecule has 0 aliphatic heterocycles. The topological polar surface area (TPSA) is 92.9 Å². The molecule has 21 heavy (non-hydrogen) atoms. The number of amides is 2. The van der Waals surface area contributed by atoms with Gasteiger partial charge in [0.05, 0.1) is 11.7 Å². The van der Waals surface area contributed by atoms with E-state index in [0.717, 1.165) is 12.8 Å². The van der Waals surface area contributed by atoms with Crippen LogP contribution in [0.3, 0.4) is 0 Å². The Morgan fingerprint density at radius 3 is 2.67 bits per heavy atom. The summed E-state index contributed by atoms with van der Waals surface area (Å²) in [5.41, 5.74) is 5.51. The van der Waals surface area contributed by atoms with Gasteiger partial charge < -0.3 is 20.5 Å². The van der Waals surface area contributed by atoms with E-state index in [4.69, 9.17) is 10.5 Å². The van der Waals surface area contributed by atoms with Gasteiger partial charge in [-0.15, -0.1) is 0 Å². The van der Waals surface area contributed by atoms with E-state index in [1.165, 1.54) is 0 Å². The lowest BCUT2D eigenvalue weighted by molar-refractivity contribution is -0.133. The maximum atomic E-state index is 12.0. The Labute approximate surface area is 123 Å². The first-order valence-corrected chi connectivity index (χ1v) is 6.91. The smallest absolute Gasteiger partial charge is 0.260 e. The molecular weight excluding hydrogens is 272 g/mol. The minimum absolute atomic E-state index is 0.143. The number of hydrogen-bond acceptors (Lipinski definition) is 4. The molecular formula is C15H20N2O4. The predicted octanol–water partition coefficient (Wildman–Crippen LogP) is 0.394. The van der Waals surface area contributed by atoms with Gasteiger partial charge >= 0.3 is 0 Å². The lowest BCUT2D eigenvalue weighted by Gasteiger charge is -2.34. The molecule has 0 saturated heterocycles. The zero-order valence-corrected chi connectivity index (χ0v) is 12.0. The summed E-state index contributed by atoms with van der Waals surface area (Å²) in [4.78, 5) is 24.8. The summed E-state index contributed by atoms with van der Waals surface area (Å²) in [6.07, 6.45) is 1.25. The number of benzene rings is 1. The number of likely N-dealkylation sites (N-methyl/N-ethyl adjacent to an activating group) is 1.